The second-order valence-electron chi connectivity index (χ2n) is 5.63. The molecule has 0 fully saturated rings. The van der Waals surface area contributed by atoms with Crippen molar-refractivity contribution in [1.82, 2.24) is 0 Å². The molecule has 0 radical (unpaired) electrons. The van der Waals surface area contributed by atoms with Gasteiger partial charge in [-0.15, -0.1) is 0 Å². The number of hydrogen-bond donors (Lipinski definition) is 0. The van der Waals surface area contributed by atoms with Crippen LogP contribution < -0.4 is 0 Å². The molecule has 116 valence electrons. The van der Waals surface area contributed by atoms with Crippen LogP contribution in [-0.4, -0.2) is 25.3 Å². The summed E-state index contributed by atoms with van der Waals surface area (Å²) in [6.45, 7) is 7.87. The second kappa shape index (κ2) is 16.4. The molecule has 0 aliphatic heterocycles. The molecule has 0 aromatic rings. The smallest absolute Gasteiger partial charge is 0.0659 e. The van der Waals surface area contributed by atoms with Gasteiger partial charge in [-0.25, -0.2) is 0 Å². The van der Waals surface area contributed by atoms with Crippen molar-refractivity contribution < 1.29 is 4.74 Å². The molecule has 19 heavy (non-hydrogen) atoms. The molecule has 0 spiro atoms. The normalized spacial score (nSPS) is 11.4. The maximum atomic E-state index is 5.93. The Bertz CT molecular complexity index is 153. The Morgan fingerprint density at radius 1 is 0.632 bits per heavy atom. The predicted octanol–water partition coefficient (Wildman–Crippen LogP) is 6.40. The van der Waals surface area contributed by atoms with E-state index in [9.17, 15) is 0 Å². The summed E-state index contributed by atoms with van der Waals surface area (Å²) in [6, 6.07) is 0. The van der Waals surface area contributed by atoms with Crippen LogP contribution in [0.3, 0.4) is 0 Å². The minimum absolute atomic E-state index is 0.175. The van der Waals surface area contributed by atoms with E-state index in [0.29, 0.717) is 0 Å². The van der Waals surface area contributed by atoms with E-state index in [-0.39, 0.29) is 7.92 Å². The molecule has 0 aliphatic carbocycles. The zero-order chi connectivity index (χ0) is 14.2. The fraction of sp³-hybridized carbons (Fsp3) is 1.00. The van der Waals surface area contributed by atoms with Gasteiger partial charge in [0, 0.05) is 6.61 Å². The number of ether oxygens (including phenoxy) is 1. The van der Waals surface area contributed by atoms with E-state index >= 15 is 0 Å². The van der Waals surface area contributed by atoms with Gasteiger partial charge < -0.3 is 4.74 Å². The van der Waals surface area contributed by atoms with Crippen LogP contribution in [0.1, 0.15) is 85.0 Å². The van der Waals surface area contributed by atoms with Crippen LogP contribution in [0.15, 0.2) is 0 Å². The Morgan fingerprint density at radius 3 is 1.74 bits per heavy atom. The van der Waals surface area contributed by atoms with Gasteiger partial charge in [-0.2, -0.15) is 0 Å². The van der Waals surface area contributed by atoms with E-state index < -0.39 is 0 Å². The molecule has 0 bridgehead atoms. The molecule has 0 atom stereocenters. The summed E-state index contributed by atoms with van der Waals surface area (Å²) < 4.78 is 5.93. The Balaban J connectivity index is 3.40. The van der Waals surface area contributed by atoms with Crippen molar-refractivity contribution in [2.24, 2.45) is 0 Å². The van der Waals surface area contributed by atoms with Crippen molar-refractivity contribution in [1.29, 1.82) is 0 Å². The first kappa shape index (κ1) is 19.4. The van der Waals surface area contributed by atoms with Gasteiger partial charge in [0.25, 0.3) is 0 Å². The van der Waals surface area contributed by atoms with Gasteiger partial charge in [-0.05, 0) is 31.6 Å². The summed E-state index contributed by atoms with van der Waals surface area (Å²) >= 11 is 0. The van der Waals surface area contributed by atoms with E-state index in [1.54, 1.807) is 0 Å². The lowest BCUT2D eigenvalue weighted by Gasteiger charge is -2.17. The zero-order valence-corrected chi connectivity index (χ0v) is 14.6. The minimum Gasteiger partial charge on any atom is -0.377 e. The van der Waals surface area contributed by atoms with Crippen LogP contribution >= 0.6 is 7.92 Å². The predicted molar refractivity (Wildman–Crippen MR) is 90.7 cm³/mol. The van der Waals surface area contributed by atoms with Crippen LogP contribution in [-0.2, 0) is 4.74 Å². The average molecular weight is 288 g/mol. The zero-order valence-electron chi connectivity index (χ0n) is 13.8. The number of rotatable bonds is 15. The number of unbranched alkanes of at least 4 members (excludes halogenated alkanes) is 7. The monoisotopic (exact) mass is 288 g/mol. The molecule has 0 aromatic heterocycles. The first-order valence-corrected chi connectivity index (χ1v) is 10.5. The Hall–Kier alpha value is 0.390. The molecule has 0 aliphatic rings. The highest BCUT2D eigenvalue weighted by Gasteiger charge is 2.06. The second-order valence-corrected chi connectivity index (χ2v) is 8.12. The van der Waals surface area contributed by atoms with Crippen molar-refractivity contribution in [2.45, 2.75) is 85.0 Å². The Labute approximate surface area is 123 Å². The van der Waals surface area contributed by atoms with Gasteiger partial charge in [0.2, 0.25) is 0 Å². The largest absolute Gasteiger partial charge is 0.377 e. The summed E-state index contributed by atoms with van der Waals surface area (Å²) in [5.41, 5.74) is 0. The molecule has 0 heterocycles. The van der Waals surface area contributed by atoms with Crippen molar-refractivity contribution >= 4 is 7.92 Å². The third kappa shape index (κ3) is 14.6. The summed E-state index contributed by atoms with van der Waals surface area (Å²) in [6.07, 6.45) is 17.6. The summed E-state index contributed by atoms with van der Waals surface area (Å²) in [7, 11) is 0.175. The first-order chi connectivity index (χ1) is 9.35. The first-order valence-electron chi connectivity index (χ1n) is 8.65. The van der Waals surface area contributed by atoms with Crippen LogP contribution in [0.2, 0.25) is 0 Å². The SMILES string of the molecule is CCCCCCCCOCP(CCCC)CCCC. The van der Waals surface area contributed by atoms with Crippen molar-refractivity contribution in [3.05, 3.63) is 0 Å². The Morgan fingerprint density at radius 2 is 1.16 bits per heavy atom. The van der Waals surface area contributed by atoms with E-state index in [0.717, 1.165) is 13.0 Å². The third-order valence-corrected chi connectivity index (χ3v) is 6.02. The fourth-order valence-corrected chi connectivity index (χ4v) is 4.58. The third-order valence-electron chi connectivity index (χ3n) is 3.57. The highest BCUT2D eigenvalue weighted by molar-refractivity contribution is 7.57. The molecule has 0 saturated heterocycles. The van der Waals surface area contributed by atoms with Crippen molar-refractivity contribution in [3.8, 4) is 0 Å². The van der Waals surface area contributed by atoms with Crippen molar-refractivity contribution in [2.75, 3.05) is 25.3 Å². The van der Waals surface area contributed by atoms with E-state index in [1.165, 1.54) is 76.5 Å². The molecule has 0 saturated carbocycles. The standard InChI is InChI=1S/C17H37OP/c1-4-7-10-11-12-13-14-18-17-19(15-8-5-2)16-9-6-3/h4-17H2,1-3H3. The molecule has 1 nitrogen and oxygen atoms in total. The van der Waals surface area contributed by atoms with Gasteiger partial charge in [-0.1, -0.05) is 73.6 Å². The van der Waals surface area contributed by atoms with Crippen LogP contribution in [0.4, 0.5) is 0 Å². The lowest BCUT2D eigenvalue weighted by atomic mass is 10.1. The summed E-state index contributed by atoms with van der Waals surface area (Å²) in [5, 5.41) is 0. The van der Waals surface area contributed by atoms with Crippen LogP contribution in [0.5, 0.6) is 0 Å². The fourth-order valence-electron chi connectivity index (χ4n) is 2.18. The van der Waals surface area contributed by atoms with Crippen LogP contribution in [0.25, 0.3) is 0 Å². The lowest BCUT2D eigenvalue weighted by Crippen LogP contribution is -2.01. The summed E-state index contributed by atoms with van der Waals surface area (Å²) in [5.74, 6) is 0. The van der Waals surface area contributed by atoms with Gasteiger partial charge in [0.1, 0.15) is 0 Å². The van der Waals surface area contributed by atoms with E-state index in [2.05, 4.69) is 20.8 Å². The van der Waals surface area contributed by atoms with E-state index in [4.69, 9.17) is 4.74 Å². The average Bonchev–Trinajstić information content (AvgIpc) is 2.43. The maximum Gasteiger partial charge on any atom is 0.0659 e. The molecule has 0 N–H and O–H groups in total. The summed E-state index contributed by atoms with van der Waals surface area (Å²) in [4.78, 5) is 0. The maximum absolute atomic E-state index is 5.93. The molecular weight excluding hydrogens is 251 g/mol. The number of hydrogen-bond acceptors (Lipinski definition) is 1. The molecule has 0 aromatic carbocycles. The van der Waals surface area contributed by atoms with Crippen LogP contribution in [0, 0.1) is 0 Å². The molecule has 2 heteroatoms. The Kier molecular flexibility index (Phi) is 16.8. The molecular formula is C17H37OP. The van der Waals surface area contributed by atoms with Gasteiger partial charge in [-0.3, -0.25) is 0 Å². The molecule has 0 unspecified atom stereocenters. The topological polar surface area (TPSA) is 9.23 Å². The minimum atomic E-state index is 0.175. The van der Waals surface area contributed by atoms with Gasteiger partial charge >= 0.3 is 0 Å². The molecule has 0 rings (SSSR count). The van der Waals surface area contributed by atoms with Crippen molar-refractivity contribution in [3.63, 3.8) is 0 Å². The highest BCUT2D eigenvalue weighted by atomic mass is 31.1. The van der Waals surface area contributed by atoms with E-state index in [1.807, 2.05) is 0 Å². The lowest BCUT2D eigenvalue weighted by molar-refractivity contribution is 0.173. The van der Waals surface area contributed by atoms with Gasteiger partial charge in [0.05, 0.1) is 6.35 Å². The quantitative estimate of drug-likeness (QED) is 0.250. The highest BCUT2D eigenvalue weighted by Crippen LogP contribution is 2.37. The molecule has 0 amide bonds. The van der Waals surface area contributed by atoms with Gasteiger partial charge in [0.15, 0.2) is 0 Å².